The first-order chi connectivity index (χ1) is 9.33. The van der Waals surface area contributed by atoms with Crippen molar-refractivity contribution in [3.8, 4) is 0 Å². The second-order valence-electron chi connectivity index (χ2n) is 5.37. The molecule has 2 nitrogen and oxygen atoms in total. The van der Waals surface area contributed by atoms with E-state index in [1.165, 1.54) is 24.8 Å². The van der Waals surface area contributed by atoms with Crippen molar-refractivity contribution in [2.24, 2.45) is 0 Å². The van der Waals surface area contributed by atoms with E-state index in [0.717, 1.165) is 22.1 Å². The van der Waals surface area contributed by atoms with E-state index in [0.29, 0.717) is 6.04 Å². The van der Waals surface area contributed by atoms with E-state index in [2.05, 4.69) is 21.2 Å². The van der Waals surface area contributed by atoms with Gasteiger partial charge in [0.15, 0.2) is 0 Å². The molecule has 0 heterocycles. The molecule has 0 aromatic heterocycles. The second-order valence-corrected chi connectivity index (χ2v) is 6.22. The van der Waals surface area contributed by atoms with Crippen LogP contribution in [0.25, 0.3) is 0 Å². The van der Waals surface area contributed by atoms with Crippen molar-refractivity contribution in [1.82, 2.24) is 10.2 Å². The zero-order chi connectivity index (χ0) is 14.8. The van der Waals surface area contributed by atoms with Gasteiger partial charge < -0.3 is 5.32 Å². The number of halogens is 4. The summed E-state index contributed by atoms with van der Waals surface area (Å²) in [5.41, 5.74) is 2.01. The Hall–Kier alpha value is -0.590. The highest BCUT2D eigenvalue weighted by Crippen LogP contribution is 2.23. The van der Waals surface area contributed by atoms with Crippen molar-refractivity contribution in [2.75, 3.05) is 13.6 Å². The lowest BCUT2D eigenvalue weighted by Crippen LogP contribution is -2.30. The third-order valence-corrected chi connectivity index (χ3v) is 3.92. The molecule has 1 fully saturated rings. The van der Waals surface area contributed by atoms with Gasteiger partial charge in [0.05, 0.1) is 6.54 Å². The summed E-state index contributed by atoms with van der Waals surface area (Å²) in [6.45, 7) is 0.183. The lowest BCUT2D eigenvalue weighted by atomic mass is 10.1. The molecule has 1 aromatic rings. The van der Waals surface area contributed by atoms with E-state index in [9.17, 15) is 13.2 Å². The summed E-state index contributed by atoms with van der Waals surface area (Å²) in [6.07, 6.45) is -1.68. The lowest BCUT2D eigenvalue weighted by molar-refractivity contribution is -0.144. The lowest BCUT2D eigenvalue weighted by Gasteiger charge is -2.19. The molecule has 112 valence electrons. The summed E-state index contributed by atoms with van der Waals surface area (Å²) in [7, 11) is 1.47. The molecular formula is C14H18BrF3N2. The Balaban J connectivity index is 1.90. The summed E-state index contributed by atoms with van der Waals surface area (Å²) < 4.78 is 37.7. The van der Waals surface area contributed by atoms with E-state index in [-0.39, 0.29) is 6.54 Å². The first kappa shape index (κ1) is 15.8. The Morgan fingerprint density at radius 1 is 1.35 bits per heavy atom. The Morgan fingerprint density at radius 3 is 2.60 bits per heavy atom. The van der Waals surface area contributed by atoms with Crippen LogP contribution < -0.4 is 5.32 Å². The third kappa shape index (κ3) is 5.42. The van der Waals surface area contributed by atoms with E-state index >= 15 is 0 Å². The topological polar surface area (TPSA) is 15.3 Å². The van der Waals surface area contributed by atoms with Gasteiger partial charge in [-0.25, -0.2) is 0 Å². The molecule has 0 unspecified atom stereocenters. The molecule has 0 aliphatic heterocycles. The van der Waals surface area contributed by atoms with Crippen molar-refractivity contribution in [3.63, 3.8) is 0 Å². The second kappa shape index (κ2) is 6.45. The van der Waals surface area contributed by atoms with Gasteiger partial charge >= 0.3 is 6.18 Å². The summed E-state index contributed by atoms with van der Waals surface area (Å²) in [5.74, 6) is 0. The molecule has 6 heteroatoms. The van der Waals surface area contributed by atoms with Gasteiger partial charge in [-0.1, -0.05) is 28.1 Å². The smallest absolute Gasteiger partial charge is 0.310 e. The van der Waals surface area contributed by atoms with Crippen LogP contribution in [0.3, 0.4) is 0 Å². The van der Waals surface area contributed by atoms with Crippen LogP contribution in [0, 0.1) is 0 Å². The first-order valence-corrected chi connectivity index (χ1v) is 7.39. The minimum Gasteiger partial charge on any atom is -0.310 e. The van der Waals surface area contributed by atoms with E-state index < -0.39 is 12.7 Å². The van der Waals surface area contributed by atoms with Gasteiger partial charge in [0.1, 0.15) is 0 Å². The molecule has 1 saturated carbocycles. The van der Waals surface area contributed by atoms with Crippen LogP contribution in [0.4, 0.5) is 13.2 Å². The standard InChI is InChI=1S/C14H18BrF3N2/c1-20(9-14(16,17)18)8-11-3-2-10(6-13(11)15)7-19-12-4-5-12/h2-3,6,12,19H,4-5,7-9H2,1H3. The summed E-state index contributed by atoms with van der Waals surface area (Å²) in [4.78, 5) is 1.27. The number of hydrogen-bond acceptors (Lipinski definition) is 2. The average molecular weight is 351 g/mol. The number of rotatable bonds is 6. The Labute approximate surface area is 125 Å². The van der Waals surface area contributed by atoms with Crippen molar-refractivity contribution in [1.29, 1.82) is 0 Å². The maximum Gasteiger partial charge on any atom is 0.401 e. The van der Waals surface area contributed by atoms with Gasteiger partial charge in [0, 0.05) is 23.6 Å². The Morgan fingerprint density at radius 2 is 2.05 bits per heavy atom. The van der Waals surface area contributed by atoms with Gasteiger partial charge in [-0.15, -0.1) is 0 Å². The van der Waals surface area contributed by atoms with Gasteiger partial charge in [-0.05, 0) is 37.1 Å². The van der Waals surface area contributed by atoms with Crippen LogP contribution >= 0.6 is 15.9 Å². The van der Waals surface area contributed by atoms with Gasteiger partial charge in [0.2, 0.25) is 0 Å². The zero-order valence-corrected chi connectivity index (χ0v) is 12.9. The SMILES string of the molecule is CN(Cc1ccc(CNC2CC2)cc1Br)CC(F)(F)F. The van der Waals surface area contributed by atoms with Crippen molar-refractivity contribution in [2.45, 2.75) is 38.1 Å². The fourth-order valence-corrected chi connectivity index (χ4v) is 2.58. The average Bonchev–Trinajstić information content (AvgIpc) is 3.11. The van der Waals surface area contributed by atoms with E-state index in [4.69, 9.17) is 0 Å². The largest absolute Gasteiger partial charge is 0.401 e. The maximum absolute atomic E-state index is 12.3. The molecule has 0 radical (unpaired) electrons. The monoisotopic (exact) mass is 350 g/mol. The number of hydrogen-bond donors (Lipinski definition) is 1. The number of nitrogens with one attached hydrogen (secondary N) is 1. The minimum absolute atomic E-state index is 0.274. The highest BCUT2D eigenvalue weighted by atomic mass is 79.9. The van der Waals surface area contributed by atoms with Crippen LogP contribution in [-0.2, 0) is 13.1 Å². The highest BCUT2D eigenvalue weighted by molar-refractivity contribution is 9.10. The first-order valence-electron chi connectivity index (χ1n) is 6.59. The predicted octanol–water partition coefficient (Wildman–Crippen LogP) is 3.70. The van der Waals surface area contributed by atoms with Gasteiger partial charge in [-0.3, -0.25) is 4.90 Å². The van der Waals surface area contributed by atoms with Gasteiger partial charge in [-0.2, -0.15) is 13.2 Å². The minimum atomic E-state index is -4.16. The number of benzene rings is 1. The van der Waals surface area contributed by atoms with Crippen LogP contribution in [0.1, 0.15) is 24.0 Å². The Bertz CT molecular complexity index is 458. The van der Waals surface area contributed by atoms with Crippen LogP contribution in [0.2, 0.25) is 0 Å². The molecule has 0 bridgehead atoms. The fourth-order valence-electron chi connectivity index (χ4n) is 2.03. The maximum atomic E-state index is 12.3. The van der Waals surface area contributed by atoms with Crippen molar-refractivity contribution < 1.29 is 13.2 Å². The highest BCUT2D eigenvalue weighted by Gasteiger charge is 2.29. The predicted molar refractivity (Wildman–Crippen MR) is 76.4 cm³/mol. The summed E-state index contributed by atoms with van der Waals surface area (Å²) in [5, 5.41) is 3.41. The molecule has 1 aliphatic carbocycles. The summed E-state index contributed by atoms with van der Waals surface area (Å²) >= 11 is 3.44. The summed E-state index contributed by atoms with van der Waals surface area (Å²) in [6, 6.07) is 6.48. The van der Waals surface area contributed by atoms with E-state index in [1.54, 1.807) is 0 Å². The molecule has 0 amide bonds. The van der Waals surface area contributed by atoms with Crippen LogP contribution in [0.5, 0.6) is 0 Å². The molecule has 0 spiro atoms. The molecule has 0 saturated heterocycles. The third-order valence-electron chi connectivity index (χ3n) is 3.18. The quantitative estimate of drug-likeness (QED) is 0.841. The number of alkyl halides is 3. The number of nitrogens with zero attached hydrogens (tertiary/aromatic N) is 1. The zero-order valence-electron chi connectivity index (χ0n) is 11.3. The Kier molecular flexibility index (Phi) is 5.09. The molecule has 0 atom stereocenters. The van der Waals surface area contributed by atoms with E-state index in [1.807, 2.05) is 18.2 Å². The molecule has 1 aromatic carbocycles. The fraction of sp³-hybridized carbons (Fsp3) is 0.571. The van der Waals surface area contributed by atoms with Crippen LogP contribution in [0.15, 0.2) is 22.7 Å². The normalized spacial score (nSPS) is 15.9. The molecule has 1 aliphatic rings. The molecule has 1 N–H and O–H groups in total. The molecular weight excluding hydrogens is 333 g/mol. The van der Waals surface area contributed by atoms with Crippen LogP contribution in [-0.4, -0.2) is 30.7 Å². The van der Waals surface area contributed by atoms with Gasteiger partial charge in [0.25, 0.3) is 0 Å². The van der Waals surface area contributed by atoms with Crippen molar-refractivity contribution in [3.05, 3.63) is 33.8 Å². The molecule has 20 heavy (non-hydrogen) atoms. The van der Waals surface area contributed by atoms with Crippen molar-refractivity contribution >= 4 is 15.9 Å². The molecule has 2 rings (SSSR count).